The minimum Gasteiger partial charge on any atom is -0.486 e. The molecule has 150 valence electrons. The molecule has 0 aromatic heterocycles. The molecule has 10 heteroatoms. The molecule has 2 aromatic carbocycles. The Morgan fingerprint density at radius 2 is 1.71 bits per heavy atom. The van der Waals surface area contributed by atoms with Gasteiger partial charge in [0.05, 0.1) is 11.9 Å². The van der Waals surface area contributed by atoms with Gasteiger partial charge >= 0.3 is 0 Å². The SMILES string of the molecule is CC(C(=O)Nc1c(F)cccc1F)N(c1ccc2c(c1)OCCO2)S(C)(=O)=O. The zero-order chi connectivity index (χ0) is 20.5. The van der Waals surface area contributed by atoms with Crippen molar-refractivity contribution in [3.8, 4) is 11.5 Å². The summed E-state index contributed by atoms with van der Waals surface area (Å²) in [6, 6.07) is 6.25. The third-order valence-electron chi connectivity index (χ3n) is 4.08. The number of fused-ring (bicyclic) bond motifs is 1. The normalized spacial score (nSPS) is 14.3. The molecule has 1 amide bonds. The van der Waals surface area contributed by atoms with E-state index in [4.69, 9.17) is 9.47 Å². The van der Waals surface area contributed by atoms with Crippen LogP contribution in [0.2, 0.25) is 0 Å². The molecule has 0 saturated heterocycles. The minimum atomic E-state index is -3.91. The Labute approximate surface area is 160 Å². The van der Waals surface area contributed by atoms with E-state index in [1.807, 2.05) is 0 Å². The van der Waals surface area contributed by atoms with Crippen LogP contribution in [0.15, 0.2) is 36.4 Å². The Hall–Kier alpha value is -2.88. The fourth-order valence-corrected chi connectivity index (χ4v) is 3.99. The van der Waals surface area contributed by atoms with E-state index in [2.05, 4.69) is 5.32 Å². The number of sulfonamides is 1. The third kappa shape index (κ3) is 4.01. The van der Waals surface area contributed by atoms with Crippen LogP contribution in [-0.4, -0.2) is 39.8 Å². The van der Waals surface area contributed by atoms with Gasteiger partial charge in [0.15, 0.2) is 11.5 Å². The molecule has 0 aliphatic carbocycles. The molecule has 1 atom stereocenters. The third-order valence-corrected chi connectivity index (χ3v) is 5.32. The number of halogens is 2. The second-order valence-corrected chi connectivity index (χ2v) is 8.01. The first kappa shape index (κ1) is 19.9. The van der Waals surface area contributed by atoms with Gasteiger partial charge in [-0.1, -0.05) is 6.07 Å². The largest absolute Gasteiger partial charge is 0.486 e. The van der Waals surface area contributed by atoms with Crippen LogP contribution < -0.4 is 19.1 Å². The molecule has 1 N–H and O–H groups in total. The van der Waals surface area contributed by atoms with Gasteiger partial charge in [0.2, 0.25) is 15.9 Å². The summed E-state index contributed by atoms with van der Waals surface area (Å²) in [6.45, 7) is 1.99. The van der Waals surface area contributed by atoms with Gasteiger partial charge in [0.1, 0.15) is 36.6 Å². The summed E-state index contributed by atoms with van der Waals surface area (Å²) < 4.78 is 64.0. The van der Waals surface area contributed by atoms with Crippen molar-refractivity contribution in [1.82, 2.24) is 0 Å². The van der Waals surface area contributed by atoms with Crippen molar-refractivity contribution in [2.75, 3.05) is 29.1 Å². The van der Waals surface area contributed by atoms with E-state index in [9.17, 15) is 22.0 Å². The van der Waals surface area contributed by atoms with Crippen LogP contribution in [0, 0.1) is 11.6 Å². The molecular formula is C18H18F2N2O5S. The van der Waals surface area contributed by atoms with Crippen molar-refractivity contribution in [1.29, 1.82) is 0 Å². The summed E-state index contributed by atoms with van der Waals surface area (Å²) in [5, 5.41) is 2.11. The first-order valence-corrected chi connectivity index (χ1v) is 10.2. The number of nitrogens with zero attached hydrogens (tertiary/aromatic N) is 1. The Bertz CT molecular complexity index is 993. The van der Waals surface area contributed by atoms with Crippen molar-refractivity contribution in [3.05, 3.63) is 48.0 Å². The number of amides is 1. The molecule has 7 nitrogen and oxygen atoms in total. The topological polar surface area (TPSA) is 84.9 Å². The highest BCUT2D eigenvalue weighted by Gasteiger charge is 2.31. The van der Waals surface area contributed by atoms with Gasteiger partial charge in [-0.2, -0.15) is 0 Å². The zero-order valence-corrected chi connectivity index (χ0v) is 15.9. The van der Waals surface area contributed by atoms with Crippen molar-refractivity contribution in [3.63, 3.8) is 0 Å². The Morgan fingerprint density at radius 3 is 2.32 bits per heavy atom. The monoisotopic (exact) mass is 412 g/mol. The van der Waals surface area contributed by atoms with Gasteiger partial charge < -0.3 is 14.8 Å². The number of carbonyl (C=O) groups is 1. The average molecular weight is 412 g/mol. The van der Waals surface area contributed by atoms with Crippen molar-refractivity contribution in [2.24, 2.45) is 0 Å². The number of hydrogen-bond donors (Lipinski definition) is 1. The lowest BCUT2D eigenvalue weighted by Crippen LogP contribution is -2.45. The minimum absolute atomic E-state index is 0.156. The Kier molecular flexibility index (Phi) is 5.41. The van der Waals surface area contributed by atoms with E-state index in [0.717, 1.165) is 28.8 Å². The molecule has 1 unspecified atom stereocenters. The summed E-state index contributed by atoms with van der Waals surface area (Å²) in [6.07, 6.45) is 0.928. The number of benzene rings is 2. The van der Waals surface area contributed by atoms with Crippen LogP contribution in [0.3, 0.4) is 0 Å². The molecule has 1 aliphatic heterocycles. The lowest BCUT2D eigenvalue weighted by molar-refractivity contribution is -0.116. The predicted molar refractivity (Wildman–Crippen MR) is 99.2 cm³/mol. The lowest BCUT2D eigenvalue weighted by atomic mass is 10.2. The number of anilines is 2. The van der Waals surface area contributed by atoms with E-state index in [1.165, 1.54) is 25.1 Å². The van der Waals surface area contributed by atoms with Gasteiger partial charge in [-0.3, -0.25) is 9.10 Å². The molecule has 0 saturated carbocycles. The van der Waals surface area contributed by atoms with Crippen molar-refractivity contribution < 1.29 is 31.5 Å². The standard InChI is InChI=1S/C18H18F2N2O5S/c1-11(18(23)21-17-13(19)4-3-5-14(17)20)22(28(2,24)25)12-6-7-15-16(10-12)27-9-8-26-15/h3-7,10-11H,8-9H2,1-2H3,(H,21,23). The molecule has 0 radical (unpaired) electrons. The maximum atomic E-state index is 13.8. The van der Waals surface area contributed by atoms with Crippen LogP contribution in [0.4, 0.5) is 20.2 Å². The van der Waals surface area contributed by atoms with E-state index < -0.39 is 39.3 Å². The van der Waals surface area contributed by atoms with Crippen LogP contribution in [-0.2, 0) is 14.8 Å². The molecule has 28 heavy (non-hydrogen) atoms. The highest BCUT2D eigenvalue weighted by Crippen LogP contribution is 2.35. The number of para-hydroxylation sites is 1. The number of hydrogen-bond acceptors (Lipinski definition) is 5. The van der Waals surface area contributed by atoms with Gasteiger partial charge in [-0.05, 0) is 31.2 Å². The molecule has 1 heterocycles. The van der Waals surface area contributed by atoms with Gasteiger partial charge in [-0.15, -0.1) is 0 Å². The van der Waals surface area contributed by atoms with E-state index >= 15 is 0 Å². The summed E-state index contributed by atoms with van der Waals surface area (Å²) in [5.74, 6) is -2.04. The van der Waals surface area contributed by atoms with Gasteiger partial charge in [0.25, 0.3) is 0 Å². The molecule has 0 fully saturated rings. The smallest absolute Gasteiger partial charge is 0.248 e. The van der Waals surface area contributed by atoms with E-state index in [0.29, 0.717) is 24.7 Å². The van der Waals surface area contributed by atoms with Crippen LogP contribution in [0.25, 0.3) is 0 Å². The maximum Gasteiger partial charge on any atom is 0.248 e. The Balaban J connectivity index is 1.93. The summed E-state index contributed by atoms with van der Waals surface area (Å²) in [7, 11) is -3.91. The number of rotatable bonds is 5. The summed E-state index contributed by atoms with van der Waals surface area (Å²) in [5.41, 5.74) is -0.488. The van der Waals surface area contributed by atoms with Gasteiger partial charge in [0, 0.05) is 6.07 Å². The fraction of sp³-hybridized carbons (Fsp3) is 0.278. The molecular weight excluding hydrogens is 394 g/mol. The fourth-order valence-electron chi connectivity index (χ4n) is 2.82. The second-order valence-electron chi connectivity index (χ2n) is 6.15. The lowest BCUT2D eigenvalue weighted by Gasteiger charge is -2.29. The van der Waals surface area contributed by atoms with Crippen LogP contribution >= 0.6 is 0 Å². The van der Waals surface area contributed by atoms with Crippen LogP contribution in [0.5, 0.6) is 11.5 Å². The molecule has 3 rings (SSSR count). The Morgan fingerprint density at radius 1 is 1.11 bits per heavy atom. The van der Waals surface area contributed by atoms with Crippen molar-refractivity contribution >= 4 is 27.3 Å². The molecule has 1 aliphatic rings. The number of carbonyl (C=O) groups excluding carboxylic acids is 1. The van der Waals surface area contributed by atoms with E-state index in [-0.39, 0.29) is 5.69 Å². The first-order valence-electron chi connectivity index (χ1n) is 8.32. The van der Waals surface area contributed by atoms with Gasteiger partial charge in [-0.25, -0.2) is 17.2 Å². The highest BCUT2D eigenvalue weighted by atomic mass is 32.2. The maximum absolute atomic E-state index is 13.8. The number of nitrogens with one attached hydrogen (secondary N) is 1. The van der Waals surface area contributed by atoms with E-state index in [1.54, 1.807) is 0 Å². The first-order chi connectivity index (χ1) is 13.2. The molecule has 2 aromatic rings. The molecule has 0 spiro atoms. The second kappa shape index (κ2) is 7.63. The molecule has 0 bridgehead atoms. The average Bonchev–Trinajstić information content (AvgIpc) is 2.63. The highest BCUT2D eigenvalue weighted by molar-refractivity contribution is 7.92. The van der Waals surface area contributed by atoms with Crippen molar-refractivity contribution in [2.45, 2.75) is 13.0 Å². The quantitative estimate of drug-likeness (QED) is 0.816. The summed E-state index contributed by atoms with van der Waals surface area (Å²) in [4.78, 5) is 12.6. The predicted octanol–water partition coefficient (Wildman–Crippen LogP) is 2.53. The zero-order valence-electron chi connectivity index (χ0n) is 15.1. The van der Waals surface area contributed by atoms with Crippen LogP contribution in [0.1, 0.15) is 6.92 Å². The summed E-state index contributed by atoms with van der Waals surface area (Å²) >= 11 is 0. The number of ether oxygens (including phenoxy) is 2.